The fraction of sp³-hybridized carbons (Fsp3) is 0.615. The number of rotatable bonds is 5. The second kappa shape index (κ2) is 10.2. The molecule has 0 aromatic carbocycles. The predicted molar refractivity (Wildman–Crippen MR) is 84.0 cm³/mol. The lowest BCUT2D eigenvalue weighted by atomic mass is 10.2. The quantitative estimate of drug-likeness (QED) is 0.889. The molecular formula is C13H23Cl2N3O2. The average Bonchev–Trinajstić information content (AvgIpc) is 2.40. The maximum absolute atomic E-state index is 5.67. The zero-order chi connectivity index (χ0) is 12.8. The van der Waals surface area contributed by atoms with Gasteiger partial charge < -0.3 is 15.2 Å². The molecule has 5 nitrogen and oxygen atoms in total. The Labute approximate surface area is 132 Å². The molecule has 2 rings (SSSR count). The van der Waals surface area contributed by atoms with Crippen LogP contribution in [0.4, 0.5) is 0 Å². The zero-order valence-electron chi connectivity index (χ0n) is 11.7. The van der Waals surface area contributed by atoms with Crippen LogP contribution in [0.5, 0.6) is 5.88 Å². The zero-order valence-corrected chi connectivity index (χ0v) is 13.3. The summed E-state index contributed by atoms with van der Waals surface area (Å²) in [6, 6.07) is 3.95. The molecule has 1 unspecified atom stereocenters. The van der Waals surface area contributed by atoms with Gasteiger partial charge in [-0.1, -0.05) is 6.07 Å². The summed E-state index contributed by atoms with van der Waals surface area (Å²) in [4.78, 5) is 6.60. The maximum Gasteiger partial charge on any atom is 0.212 e. The molecule has 2 N–H and O–H groups in total. The van der Waals surface area contributed by atoms with Crippen LogP contribution in [0.15, 0.2) is 18.3 Å². The van der Waals surface area contributed by atoms with E-state index in [0.29, 0.717) is 12.4 Å². The first kappa shape index (κ1) is 19.4. The van der Waals surface area contributed by atoms with Crippen molar-refractivity contribution in [3.05, 3.63) is 23.9 Å². The van der Waals surface area contributed by atoms with E-state index in [2.05, 4.69) is 16.0 Å². The Bertz CT molecular complexity index is 363. The number of halogens is 2. The molecule has 1 fully saturated rings. The lowest BCUT2D eigenvalue weighted by molar-refractivity contribution is -0.0335. The summed E-state index contributed by atoms with van der Waals surface area (Å²) in [6.07, 6.45) is 3.07. The van der Waals surface area contributed by atoms with Crippen LogP contribution in [-0.2, 0) is 11.3 Å². The van der Waals surface area contributed by atoms with Gasteiger partial charge in [-0.3, -0.25) is 4.90 Å². The number of ether oxygens (including phenoxy) is 2. The lowest BCUT2D eigenvalue weighted by Gasteiger charge is -2.32. The lowest BCUT2D eigenvalue weighted by Crippen LogP contribution is -2.42. The Morgan fingerprint density at radius 2 is 2.25 bits per heavy atom. The number of morpholine rings is 1. The van der Waals surface area contributed by atoms with E-state index in [0.717, 1.165) is 32.7 Å². The summed E-state index contributed by atoms with van der Waals surface area (Å²) in [5.74, 6) is 0.654. The molecule has 7 heteroatoms. The van der Waals surface area contributed by atoms with E-state index < -0.39 is 0 Å². The maximum atomic E-state index is 5.67. The van der Waals surface area contributed by atoms with Gasteiger partial charge in [-0.15, -0.1) is 24.8 Å². The molecule has 116 valence electrons. The van der Waals surface area contributed by atoms with Gasteiger partial charge in [0, 0.05) is 31.9 Å². The fourth-order valence-electron chi connectivity index (χ4n) is 2.17. The monoisotopic (exact) mass is 323 g/mol. The van der Waals surface area contributed by atoms with Crippen LogP contribution in [0, 0.1) is 0 Å². The minimum atomic E-state index is 0. The summed E-state index contributed by atoms with van der Waals surface area (Å²) >= 11 is 0. The first-order chi connectivity index (χ1) is 8.81. The molecule has 0 saturated carbocycles. The van der Waals surface area contributed by atoms with E-state index in [1.54, 1.807) is 7.11 Å². The summed E-state index contributed by atoms with van der Waals surface area (Å²) in [6.45, 7) is 4.29. The van der Waals surface area contributed by atoms with E-state index in [1.165, 1.54) is 5.56 Å². The standard InChI is InChI=1S/C13H21N3O2.2ClH/c1-17-13-3-2-11(8-15-13)9-16-6-7-18-12(10-16)4-5-14;;/h2-3,8,12H,4-7,9-10,14H2,1H3;2*1H. The minimum absolute atomic E-state index is 0. The smallest absolute Gasteiger partial charge is 0.212 e. The van der Waals surface area contributed by atoms with Gasteiger partial charge in [0.1, 0.15) is 0 Å². The summed E-state index contributed by atoms with van der Waals surface area (Å²) < 4.78 is 10.7. The second-order valence-corrected chi connectivity index (χ2v) is 4.51. The molecular weight excluding hydrogens is 301 g/mol. The highest BCUT2D eigenvalue weighted by molar-refractivity contribution is 5.85. The van der Waals surface area contributed by atoms with Crippen LogP contribution < -0.4 is 10.5 Å². The van der Waals surface area contributed by atoms with Crippen molar-refractivity contribution < 1.29 is 9.47 Å². The van der Waals surface area contributed by atoms with Gasteiger partial charge >= 0.3 is 0 Å². The molecule has 0 aliphatic carbocycles. The Kier molecular flexibility index (Phi) is 9.88. The van der Waals surface area contributed by atoms with Crippen molar-refractivity contribution in [2.24, 2.45) is 5.73 Å². The van der Waals surface area contributed by atoms with Gasteiger partial charge in [-0.05, 0) is 18.5 Å². The third kappa shape index (κ3) is 5.81. The Balaban J connectivity index is 0.00000180. The molecule has 20 heavy (non-hydrogen) atoms. The number of methoxy groups -OCH3 is 1. The fourth-order valence-corrected chi connectivity index (χ4v) is 2.17. The molecule has 1 aliphatic heterocycles. The molecule has 1 aromatic heterocycles. The van der Waals surface area contributed by atoms with Crippen LogP contribution >= 0.6 is 24.8 Å². The first-order valence-electron chi connectivity index (χ1n) is 6.34. The third-order valence-corrected chi connectivity index (χ3v) is 3.12. The van der Waals surface area contributed by atoms with Crippen molar-refractivity contribution >= 4 is 24.8 Å². The molecule has 0 bridgehead atoms. The van der Waals surface area contributed by atoms with Crippen LogP contribution in [0.3, 0.4) is 0 Å². The summed E-state index contributed by atoms with van der Waals surface area (Å²) in [5.41, 5.74) is 6.77. The van der Waals surface area contributed by atoms with E-state index in [9.17, 15) is 0 Å². The molecule has 0 spiro atoms. The SMILES string of the molecule is COc1ccc(CN2CCOC(CCN)C2)cn1.Cl.Cl. The Hall–Kier alpha value is -0.590. The van der Waals surface area contributed by atoms with Crippen LogP contribution in [0.25, 0.3) is 0 Å². The Morgan fingerprint density at radius 1 is 1.45 bits per heavy atom. The highest BCUT2D eigenvalue weighted by atomic mass is 35.5. The van der Waals surface area contributed by atoms with Gasteiger partial charge in [-0.25, -0.2) is 4.98 Å². The molecule has 0 radical (unpaired) electrons. The number of pyridine rings is 1. The van der Waals surface area contributed by atoms with Gasteiger partial charge in [0.15, 0.2) is 0 Å². The number of aromatic nitrogens is 1. The van der Waals surface area contributed by atoms with E-state index in [4.69, 9.17) is 15.2 Å². The molecule has 1 aliphatic rings. The molecule has 2 heterocycles. The van der Waals surface area contributed by atoms with E-state index in [1.807, 2.05) is 12.3 Å². The van der Waals surface area contributed by atoms with Crippen molar-refractivity contribution in [3.8, 4) is 5.88 Å². The highest BCUT2D eigenvalue weighted by Gasteiger charge is 2.19. The summed E-state index contributed by atoms with van der Waals surface area (Å²) in [7, 11) is 1.63. The number of nitrogens with two attached hydrogens (primary N) is 1. The van der Waals surface area contributed by atoms with Crippen LogP contribution in [0.2, 0.25) is 0 Å². The number of hydrogen-bond donors (Lipinski definition) is 1. The van der Waals surface area contributed by atoms with E-state index >= 15 is 0 Å². The van der Waals surface area contributed by atoms with Crippen molar-refractivity contribution in [3.63, 3.8) is 0 Å². The van der Waals surface area contributed by atoms with Crippen molar-refractivity contribution in [2.45, 2.75) is 19.1 Å². The largest absolute Gasteiger partial charge is 0.481 e. The second-order valence-electron chi connectivity index (χ2n) is 4.51. The Morgan fingerprint density at radius 3 is 2.85 bits per heavy atom. The van der Waals surface area contributed by atoms with Gasteiger partial charge in [0.2, 0.25) is 5.88 Å². The van der Waals surface area contributed by atoms with Gasteiger partial charge in [-0.2, -0.15) is 0 Å². The predicted octanol–water partition coefficient (Wildman–Crippen LogP) is 1.48. The molecule has 0 amide bonds. The van der Waals surface area contributed by atoms with Crippen molar-refractivity contribution in [1.29, 1.82) is 0 Å². The summed E-state index contributed by atoms with van der Waals surface area (Å²) in [5, 5.41) is 0. The first-order valence-corrected chi connectivity index (χ1v) is 6.34. The normalized spacial score (nSPS) is 18.8. The third-order valence-electron chi connectivity index (χ3n) is 3.12. The van der Waals surface area contributed by atoms with Gasteiger partial charge in [0.05, 0.1) is 19.8 Å². The number of hydrogen-bond acceptors (Lipinski definition) is 5. The van der Waals surface area contributed by atoms with Crippen molar-refractivity contribution in [2.75, 3.05) is 33.4 Å². The molecule has 1 saturated heterocycles. The topological polar surface area (TPSA) is 60.6 Å². The average molecular weight is 324 g/mol. The van der Waals surface area contributed by atoms with Crippen LogP contribution in [0.1, 0.15) is 12.0 Å². The van der Waals surface area contributed by atoms with Gasteiger partial charge in [0.25, 0.3) is 0 Å². The number of nitrogens with zero attached hydrogens (tertiary/aromatic N) is 2. The van der Waals surface area contributed by atoms with Crippen LogP contribution in [-0.4, -0.2) is 49.3 Å². The van der Waals surface area contributed by atoms with Crippen molar-refractivity contribution in [1.82, 2.24) is 9.88 Å². The van der Waals surface area contributed by atoms with E-state index in [-0.39, 0.29) is 30.9 Å². The molecule has 1 atom stereocenters. The highest BCUT2D eigenvalue weighted by Crippen LogP contribution is 2.13. The minimum Gasteiger partial charge on any atom is -0.481 e. The molecule has 1 aromatic rings.